The molecule has 116 valence electrons. The molecule has 0 aliphatic carbocycles. The quantitative estimate of drug-likeness (QED) is 0.499. The first-order valence-electron chi connectivity index (χ1n) is 7.02. The van der Waals surface area contributed by atoms with Crippen molar-refractivity contribution in [3.05, 3.63) is 53.4 Å². The number of halogens is 1. The molecule has 2 aromatic rings. The van der Waals surface area contributed by atoms with E-state index in [4.69, 9.17) is 17.4 Å². The summed E-state index contributed by atoms with van der Waals surface area (Å²) < 4.78 is 1.82. The van der Waals surface area contributed by atoms with Crippen molar-refractivity contribution in [2.24, 2.45) is 5.84 Å². The third-order valence-electron chi connectivity index (χ3n) is 3.24. The zero-order chi connectivity index (χ0) is 16.3. The summed E-state index contributed by atoms with van der Waals surface area (Å²) in [6.07, 6.45) is 5.44. The Morgan fingerprint density at radius 3 is 2.73 bits per heavy atom. The second kappa shape index (κ2) is 6.77. The molecular weight excluding hydrogens is 298 g/mol. The monoisotopic (exact) mass is 317 g/mol. The lowest BCUT2D eigenvalue weighted by molar-refractivity contribution is 0.748. The fourth-order valence-electron chi connectivity index (χ4n) is 2.00. The minimum atomic E-state index is 0.284. The highest BCUT2D eigenvalue weighted by Crippen LogP contribution is 2.22. The molecule has 0 unspecified atom stereocenters. The first kappa shape index (κ1) is 16.3. The van der Waals surface area contributed by atoms with Crippen LogP contribution in [0.4, 0.5) is 5.82 Å². The molecule has 2 heterocycles. The van der Waals surface area contributed by atoms with Crippen LogP contribution in [0.15, 0.2) is 42.0 Å². The fourth-order valence-corrected chi connectivity index (χ4v) is 2.06. The van der Waals surface area contributed by atoms with E-state index >= 15 is 0 Å². The highest BCUT2D eigenvalue weighted by atomic mass is 35.5. The number of hydrazine groups is 1. The predicted octanol–water partition coefficient (Wildman–Crippen LogP) is 3.85. The maximum atomic E-state index is 5.95. The predicted molar refractivity (Wildman–Crippen MR) is 92.7 cm³/mol. The first-order valence-corrected chi connectivity index (χ1v) is 7.40. The number of hydrogen-bond acceptors (Lipinski definition) is 4. The molecule has 0 saturated carbocycles. The topological polar surface area (TPSA) is 68.2 Å². The summed E-state index contributed by atoms with van der Waals surface area (Å²) in [5.41, 5.74) is 5.85. The van der Waals surface area contributed by atoms with Gasteiger partial charge in [0.25, 0.3) is 0 Å². The van der Waals surface area contributed by atoms with E-state index in [9.17, 15) is 0 Å². The summed E-state index contributed by atoms with van der Waals surface area (Å²) in [4.78, 5) is 4.41. The molecule has 0 radical (unpaired) electrons. The van der Waals surface area contributed by atoms with Crippen molar-refractivity contribution in [2.45, 2.75) is 26.7 Å². The Hall–Kier alpha value is -2.11. The van der Waals surface area contributed by atoms with Crippen LogP contribution in [-0.4, -0.2) is 14.6 Å². The number of anilines is 1. The second-order valence-electron chi connectivity index (χ2n) is 5.20. The van der Waals surface area contributed by atoms with Crippen molar-refractivity contribution in [2.75, 3.05) is 5.43 Å². The molecule has 2 rings (SSSR count). The number of aromatic nitrogens is 3. The zero-order valence-corrected chi connectivity index (χ0v) is 13.7. The number of nitrogens with one attached hydrogen (secondary N) is 1. The van der Waals surface area contributed by atoms with Crippen LogP contribution >= 0.6 is 11.6 Å². The van der Waals surface area contributed by atoms with Gasteiger partial charge in [-0.3, -0.25) is 0 Å². The molecule has 3 N–H and O–H groups in total. The van der Waals surface area contributed by atoms with Crippen LogP contribution in [-0.2, 0) is 0 Å². The number of hydrogen-bond donors (Lipinski definition) is 2. The molecular formula is C16H20ClN5. The van der Waals surface area contributed by atoms with Gasteiger partial charge in [0.15, 0.2) is 5.65 Å². The third kappa shape index (κ3) is 3.37. The standard InChI is InChI=1S/C16H20ClN5/c1-5-12(17)7-6-11(4)13-8-16-19-15(20-18)9-14(10(2)3)22(16)21-13/h5-10H,4,18H2,1-3H3,(H,19,20). The Balaban J connectivity index is 2.48. The van der Waals surface area contributed by atoms with Crippen molar-refractivity contribution in [1.29, 1.82) is 0 Å². The highest BCUT2D eigenvalue weighted by Gasteiger charge is 2.12. The molecule has 5 nitrogen and oxygen atoms in total. The van der Waals surface area contributed by atoms with E-state index in [-0.39, 0.29) is 5.92 Å². The van der Waals surface area contributed by atoms with Crippen LogP contribution in [0.2, 0.25) is 0 Å². The third-order valence-corrected chi connectivity index (χ3v) is 3.59. The van der Waals surface area contributed by atoms with Gasteiger partial charge in [0, 0.05) is 17.2 Å². The lowest BCUT2D eigenvalue weighted by Gasteiger charge is -2.09. The second-order valence-corrected chi connectivity index (χ2v) is 5.63. The summed E-state index contributed by atoms with van der Waals surface area (Å²) in [5.74, 6) is 6.38. The van der Waals surface area contributed by atoms with Gasteiger partial charge < -0.3 is 5.43 Å². The summed E-state index contributed by atoms with van der Waals surface area (Å²) in [6, 6.07) is 3.77. The average molecular weight is 318 g/mol. The number of nitrogen functional groups attached to an aromatic ring is 1. The van der Waals surface area contributed by atoms with Crippen molar-refractivity contribution < 1.29 is 0 Å². The Labute approximate surface area is 135 Å². The molecule has 0 bridgehead atoms. The zero-order valence-electron chi connectivity index (χ0n) is 13.0. The minimum absolute atomic E-state index is 0.284. The summed E-state index contributed by atoms with van der Waals surface area (Å²) in [5, 5.41) is 5.24. The molecule has 0 aromatic carbocycles. The van der Waals surface area contributed by atoms with Crippen LogP contribution in [0.1, 0.15) is 38.1 Å². The number of nitrogens with two attached hydrogens (primary N) is 1. The van der Waals surface area contributed by atoms with E-state index in [1.54, 1.807) is 6.08 Å². The van der Waals surface area contributed by atoms with Crippen LogP contribution in [0.3, 0.4) is 0 Å². The largest absolute Gasteiger partial charge is 0.308 e. The van der Waals surface area contributed by atoms with Crippen molar-refractivity contribution in [3.63, 3.8) is 0 Å². The lowest BCUT2D eigenvalue weighted by atomic mass is 10.1. The van der Waals surface area contributed by atoms with Gasteiger partial charge in [-0.05, 0) is 24.5 Å². The Morgan fingerprint density at radius 1 is 1.41 bits per heavy atom. The Kier molecular flexibility index (Phi) is 5.00. The van der Waals surface area contributed by atoms with E-state index in [0.717, 1.165) is 22.6 Å². The van der Waals surface area contributed by atoms with Crippen molar-refractivity contribution in [1.82, 2.24) is 14.6 Å². The molecule has 22 heavy (non-hydrogen) atoms. The van der Waals surface area contributed by atoms with Crippen molar-refractivity contribution in [3.8, 4) is 0 Å². The van der Waals surface area contributed by atoms with Gasteiger partial charge >= 0.3 is 0 Å². The van der Waals surface area contributed by atoms with Crippen LogP contribution in [0, 0.1) is 0 Å². The fraction of sp³-hybridized carbons (Fsp3) is 0.250. The van der Waals surface area contributed by atoms with Gasteiger partial charge in [-0.1, -0.05) is 44.2 Å². The summed E-state index contributed by atoms with van der Waals surface area (Å²) in [6.45, 7) is 10.1. The number of allylic oxidation sites excluding steroid dienone is 5. The lowest BCUT2D eigenvalue weighted by Crippen LogP contribution is -2.11. The molecule has 0 fully saturated rings. The number of fused-ring (bicyclic) bond motifs is 1. The van der Waals surface area contributed by atoms with Gasteiger partial charge in [-0.15, -0.1) is 0 Å². The smallest absolute Gasteiger partial charge is 0.158 e. The van der Waals surface area contributed by atoms with Gasteiger partial charge in [0.05, 0.1) is 11.4 Å². The Bertz CT molecular complexity index is 755. The minimum Gasteiger partial charge on any atom is -0.308 e. The van der Waals surface area contributed by atoms with E-state index in [2.05, 4.69) is 35.9 Å². The molecule has 6 heteroatoms. The van der Waals surface area contributed by atoms with Gasteiger partial charge in [0.2, 0.25) is 0 Å². The molecule has 0 saturated heterocycles. The van der Waals surface area contributed by atoms with Gasteiger partial charge in [-0.2, -0.15) is 5.10 Å². The van der Waals surface area contributed by atoms with Crippen LogP contribution in [0.25, 0.3) is 11.2 Å². The van der Waals surface area contributed by atoms with E-state index in [1.165, 1.54) is 0 Å². The summed E-state index contributed by atoms with van der Waals surface area (Å²) in [7, 11) is 0. The molecule has 0 spiro atoms. The van der Waals surface area contributed by atoms with E-state index in [0.29, 0.717) is 10.9 Å². The number of nitrogens with zero attached hydrogens (tertiary/aromatic N) is 3. The Morgan fingerprint density at radius 2 is 2.14 bits per heavy atom. The molecule has 0 atom stereocenters. The molecule has 0 aliphatic rings. The van der Waals surface area contributed by atoms with Crippen LogP contribution < -0.4 is 11.3 Å². The van der Waals surface area contributed by atoms with Crippen molar-refractivity contribution >= 4 is 28.6 Å². The molecule has 2 aromatic heterocycles. The average Bonchev–Trinajstić information content (AvgIpc) is 2.94. The van der Waals surface area contributed by atoms with Gasteiger partial charge in [0.1, 0.15) is 5.82 Å². The van der Waals surface area contributed by atoms with E-state index < -0.39 is 0 Å². The summed E-state index contributed by atoms with van der Waals surface area (Å²) >= 11 is 5.95. The van der Waals surface area contributed by atoms with E-state index in [1.807, 2.05) is 35.7 Å². The van der Waals surface area contributed by atoms with Gasteiger partial charge in [-0.25, -0.2) is 15.3 Å². The SMILES string of the molecule is C=C(C=CC(Cl)=CC)c1cc2nc(NN)cc(C(C)C)n2n1. The first-order chi connectivity index (χ1) is 10.5. The molecule has 0 amide bonds. The highest BCUT2D eigenvalue weighted by molar-refractivity contribution is 6.31. The number of rotatable bonds is 5. The van der Waals surface area contributed by atoms with Crippen LogP contribution in [0.5, 0.6) is 0 Å². The molecule has 0 aliphatic heterocycles. The maximum Gasteiger partial charge on any atom is 0.158 e. The maximum absolute atomic E-state index is 5.95. The normalized spacial score (nSPS) is 12.5.